The van der Waals surface area contributed by atoms with Crippen LogP contribution in [0.1, 0.15) is 18.1 Å². The van der Waals surface area contributed by atoms with Crippen molar-refractivity contribution in [1.29, 1.82) is 0 Å². The molecule has 1 amide bonds. The molecular weight excluding hydrogens is 268 g/mol. The van der Waals surface area contributed by atoms with Crippen LogP contribution in [0, 0.1) is 13.8 Å². The summed E-state index contributed by atoms with van der Waals surface area (Å²) < 4.78 is 0. The van der Waals surface area contributed by atoms with Crippen LogP contribution in [0.2, 0.25) is 5.02 Å². The van der Waals surface area contributed by atoms with Crippen LogP contribution in [-0.4, -0.2) is 29.6 Å². The monoisotopic (exact) mass is 284 g/mol. The zero-order valence-electron chi connectivity index (χ0n) is 11.1. The number of carboxylic acid groups (broad SMARTS) is 1. The second kappa shape index (κ2) is 6.54. The van der Waals surface area contributed by atoms with Gasteiger partial charge in [0.2, 0.25) is 5.91 Å². The van der Waals surface area contributed by atoms with Crippen LogP contribution in [-0.2, 0) is 9.59 Å². The second-order valence-corrected chi connectivity index (χ2v) is 4.83. The van der Waals surface area contributed by atoms with Crippen molar-refractivity contribution in [2.45, 2.75) is 26.8 Å². The lowest BCUT2D eigenvalue weighted by Crippen LogP contribution is -2.39. The number of benzene rings is 1. The molecule has 0 fully saturated rings. The Labute approximate surface area is 117 Å². The standard InChI is InChI=1S/C13H17ClN2O3/c1-7-4-8(2)12(10(14)5-7)16-11(17)6-15-9(3)13(18)19/h4-5,9,15H,6H2,1-3H3,(H,16,17)(H,18,19). The van der Waals surface area contributed by atoms with E-state index in [0.29, 0.717) is 10.7 Å². The Kier molecular flexibility index (Phi) is 5.32. The number of aliphatic carboxylic acids is 1. The third-order valence-electron chi connectivity index (χ3n) is 2.64. The fourth-order valence-electron chi connectivity index (χ4n) is 1.59. The van der Waals surface area contributed by atoms with Crippen molar-refractivity contribution in [2.75, 3.05) is 11.9 Å². The first kappa shape index (κ1) is 15.5. The molecule has 19 heavy (non-hydrogen) atoms. The Hall–Kier alpha value is -1.59. The van der Waals surface area contributed by atoms with Gasteiger partial charge in [-0.15, -0.1) is 0 Å². The van der Waals surface area contributed by atoms with Crippen LogP contribution in [0.4, 0.5) is 5.69 Å². The number of hydrogen-bond donors (Lipinski definition) is 3. The molecule has 0 heterocycles. The number of amides is 1. The normalized spacial score (nSPS) is 12.0. The van der Waals surface area contributed by atoms with Gasteiger partial charge in [0.1, 0.15) is 6.04 Å². The molecular formula is C13H17ClN2O3. The summed E-state index contributed by atoms with van der Waals surface area (Å²) in [6.45, 7) is 5.15. The van der Waals surface area contributed by atoms with E-state index in [0.717, 1.165) is 11.1 Å². The highest BCUT2D eigenvalue weighted by Gasteiger charge is 2.13. The van der Waals surface area contributed by atoms with Gasteiger partial charge in [-0.3, -0.25) is 14.9 Å². The van der Waals surface area contributed by atoms with Crippen molar-refractivity contribution in [2.24, 2.45) is 0 Å². The van der Waals surface area contributed by atoms with Crippen molar-refractivity contribution in [1.82, 2.24) is 5.32 Å². The molecule has 0 saturated carbocycles. The molecule has 0 bridgehead atoms. The number of hydrogen-bond acceptors (Lipinski definition) is 3. The molecule has 5 nitrogen and oxygen atoms in total. The summed E-state index contributed by atoms with van der Waals surface area (Å²) in [4.78, 5) is 22.3. The molecule has 0 aliphatic carbocycles. The maximum atomic E-state index is 11.7. The SMILES string of the molecule is Cc1cc(C)c(NC(=O)CNC(C)C(=O)O)c(Cl)c1. The molecule has 1 aromatic rings. The van der Waals surface area contributed by atoms with E-state index < -0.39 is 12.0 Å². The van der Waals surface area contributed by atoms with Gasteiger partial charge in [0, 0.05) is 0 Å². The number of carbonyl (C=O) groups is 2. The minimum atomic E-state index is -1.00. The third-order valence-corrected chi connectivity index (χ3v) is 2.93. The fourth-order valence-corrected chi connectivity index (χ4v) is 1.96. The molecule has 1 aromatic carbocycles. The molecule has 0 aliphatic rings. The average Bonchev–Trinajstić information content (AvgIpc) is 2.30. The van der Waals surface area contributed by atoms with Gasteiger partial charge in [-0.05, 0) is 38.0 Å². The Morgan fingerprint density at radius 2 is 2.00 bits per heavy atom. The average molecular weight is 285 g/mol. The highest BCUT2D eigenvalue weighted by molar-refractivity contribution is 6.34. The Morgan fingerprint density at radius 1 is 1.37 bits per heavy atom. The van der Waals surface area contributed by atoms with E-state index in [1.165, 1.54) is 6.92 Å². The molecule has 0 aliphatic heterocycles. The predicted molar refractivity (Wildman–Crippen MR) is 74.7 cm³/mol. The molecule has 0 spiro atoms. The Morgan fingerprint density at radius 3 is 2.53 bits per heavy atom. The summed E-state index contributed by atoms with van der Waals surface area (Å²) in [5, 5.41) is 14.4. The largest absolute Gasteiger partial charge is 0.480 e. The van der Waals surface area contributed by atoms with Gasteiger partial charge in [0.25, 0.3) is 0 Å². The zero-order valence-corrected chi connectivity index (χ0v) is 11.8. The Bertz CT molecular complexity index is 480. The van der Waals surface area contributed by atoms with Crippen molar-refractivity contribution in [3.05, 3.63) is 28.3 Å². The number of carbonyl (C=O) groups excluding carboxylic acids is 1. The smallest absolute Gasteiger partial charge is 0.320 e. The second-order valence-electron chi connectivity index (χ2n) is 4.43. The van der Waals surface area contributed by atoms with Crippen LogP contribution in [0.5, 0.6) is 0 Å². The molecule has 0 saturated heterocycles. The number of halogens is 1. The number of anilines is 1. The number of nitrogens with one attached hydrogen (secondary N) is 2. The Balaban J connectivity index is 2.65. The first-order valence-electron chi connectivity index (χ1n) is 5.84. The van der Waals surface area contributed by atoms with Crippen LogP contribution in [0.15, 0.2) is 12.1 Å². The van der Waals surface area contributed by atoms with Crippen LogP contribution in [0.25, 0.3) is 0 Å². The van der Waals surface area contributed by atoms with Crippen molar-refractivity contribution in [3.63, 3.8) is 0 Å². The van der Waals surface area contributed by atoms with E-state index in [2.05, 4.69) is 10.6 Å². The maximum Gasteiger partial charge on any atom is 0.320 e. The summed E-state index contributed by atoms with van der Waals surface area (Å²) in [6, 6.07) is 2.90. The van der Waals surface area contributed by atoms with Crippen LogP contribution in [0.3, 0.4) is 0 Å². The first-order chi connectivity index (χ1) is 8.81. The number of rotatable bonds is 5. The molecule has 1 unspecified atom stereocenters. The van der Waals surface area contributed by atoms with Crippen LogP contribution >= 0.6 is 11.6 Å². The van der Waals surface area contributed by atoms with Gasteiger partial charge in [0.05, 0.1) is 17.3 Å². The maximum absolute atomic E-state index is 11.7. The molecule has 104 valence electrons. The zero-order chi connectivity index (χ0) is 14.6. The lowest BCUT2D eigenvalue weighted by Gasteiger charge is -2.13. The topological polar surface area (TPSA) is 78.4 Å². The molecule has 3 N–H and O–H groups in total. The highest BCUT2D eigenvalue weighted by atomic mass is 35.5. The van der Waals surface area contributed by atoms with Gasteiger partial charge < -0.3 is 10.4 Å². The van der Waals surface area contributed by atoms with Crippen molar-refractivity contribution < 1.29 is 14.7 Å². The molecule has 0 radical (unpaired) electrons. The van der Waals surface area contributed by atoms with Crippen molar-refractivity contribution in [3.8, 4) is 0 Å². The summed E-state index contributed by atoms with van der Waals surface area (Å²) in [5.41, 5.74) is 2.44. The highest BCUT2D eigenvalue weighted by Crippen LogP contribution is 2.27. The summed E-state index contributed by atoms with van der Waals surface area (Å²) >= 11 is 6.06. The summed E-state index contributed by atoms with van der Waals surface area (Å²) in [7, 11) is 0. The summed E-state index contributed by atoms with van der Waals surface area (Å²) in [5.74, 6) is -1.33. The minimum absolute atomic E-state index is 0.0862. The number of aryl methyl sites for hydroxylation is 2. The lowest BCUT2D eigenvalue weighted by atomic mass is 10.1. The van der Waals surface area contributed by atoms with Gasteiger partial charge in [-0.1, -0.05) is 17.7 Å². The van der Waals surface area contributed by atoms with Gasteiger partial charge in [-0.25, -0.2) is 0 Å². The minimum Gasteiger partial charge on any atom is -0.480 e. The first-order valence-corrected chi connectivity index (χ1v) is 6.22. The van der Waals surface area contributed by atoms with Crippen molar-refractivity contribution >= 4 is 29.2 Å². The van der Waals surface area contributed by atoms with E-state index in [4.69, 9.17) is 16.7 Å². The fraction of sp³-hybridized carbons (Fsp3) is 0.385. The van der Waals surface area contributed by atoms with Gasteiger partial charge in [0.15, 0.2) is 0 Å². The molecule has 1 rings (SSSR count). The molecule has 1 atom stereocenters. The van der Waals surface area contributed by atoms with Crippen LogP contribution < -0.4 is 10.6 Å². The van der Waals surface area contributed by atoms with E-state index in [1.54, 1.807) is 6.07 Å². The van der Waals surface area contributed by atoms with Gasteiger partial charge >= 0.3 is 5.97 Å². The number of carboxylic acids is 1. The van der Waals surface area contributed by atoms with E-state index in [1.807, 2.05) is 19.9 Å². The summed E-state index contributed by atoms with van der Waals surface area (Å²) in [6.07, 6.45) is 0. The third kappa shape index (κ3) is 4.54. The quantitative estimate of drug-likeness (QED) is 0.772. The van der Waals surface area contributed by atoms with E-state index >= 15 is 0 Å². The van der Waals surface area contributed by atoms with Gasteiger partial charge in [-0.2, -0.15) is 0 Å². The predicted octanol–water partition coefficient (Wildman–Crippen LogP) is 1.96. The lowest BCUT2D eigenvalue weighted by molar-refractivity contribution is -0.139. The molecule has 0 aromatic heterocycles. The molecule has 6 heteroatoms. The van der Waals surface area contributed by atoms with E-state index in [9.17, 15) is 9.59 Å². The van der Waals surface area contributed by atoms with E-state index in [-0.39, 0.29) is 12.5 Å².